The summed E-state index contributed by atoms with van der Waals surface area (Å²) in [5, 5.41) is 3.52. The van der Waals surface area contributed by atoms with E-state index in [1.807, 2.05) is 30.7 Å². The summed E-state index contributed by atoms with van der Waals surface area (Å²) in [5.74, 6) is -1.27. The standard InChI is InChI=1S/C25H30BrF2N7/c1-13(2)34-12-30-20-21(31-15(4)19-18(26)7-14(3)10-29-19)32-23(33-22(20)34)35-16-5-6-17(35)9-24(8-16)11-25(24,27)28/h7,10,12-13,15-17H,5-6,8-9,11H2,1-4H3,(H,31,32,33). The molecule has 7 nitrogen and oxygen atoms in total. The Morgan fingerprint density at radius 1 is 1.11 bits per heavy atom. The number of nitrogens with one attached hydrogen (secondary N) is 1. The third kappa shape index (κ3) is 3.62. The smallest absolute Gasteiger partial charge is 0.254 e. The number of nitrogens with zero attached hydrogens (tertiary/aromatic N) is 6. The van der Waals surface area contributed by atoms with Crippen LogP contribution in [0.4, 0.5) is 20.5 Å². The number of imidazole rings is 1. The summed E-state index contributed by atoms with van der Waals surface area (Å²) in [7, 11) is 0. The second-order valence-electron chi connectivity index (χ2n) is 10.9. The Labute approximate surface area is 211 Å². The number of rotatable bonds is 5. The molecule has 3 aromatic heterocycles. The monoisotopic (exact) mass is 545 g/mol. The lowest BCUT2D eigenvalue weighted by molar-refractivity contribution is 0.0465. The van der Waals surface area contributed by atoms with Crippen LogP contribution in [0, 0.1) is 12.3 Å². The van der Waals surface area contributed by atoms with Gasteiger partial charge in [-0.3, -0.25) is 4.98 Å². The van der Waals surface area contributed by atoms with Crippen molar-refractivity contribution < 1.29 is 8.78 Å². The molecule has 3 fully saturated rings. The van der Waals surface area contributed by atoms with Crippen molar-refractivity contribution >= 4 is 38.9 Å². The number of piperidine rings is 1. The van der Waals surface area contributed by atoms with Gasteiger partial charge in [-0.15, -0.1) is 0 Å². The van der Waals surface area contributed by atoms with Crippen molar-refractivity contribution in [1.29, 1.82) is 0 Å². The number of alkyl halides is 2. The predicted octanol–water partition coefficient (Wildman–Crippen LogP) is 6.20. The lowest BCUT2D eigenvalue weighted by Crippen LogP contribution is -2.46. The Morgan fingerprint density at radius 2 is 1.80 bits per heavy atom. The zero-order valence-corrected chi connectivity index (χ0v) is 22.0. The van der Waals surface area contributed by atoms with Gasteiger partial charge in [0, 0.05) is 40.6 Å². The molecule has 3 aliphatic rings. The largest absolute Gasteiger partial charge is 0.360 e. The molecule has 2 aliphatic heterocycles. The van der Waals surface area contributed by atoms with Gasteiger partial charge >= 0.3 is 0 Å². The van der Waals surface area contributed by atoms with Crippen molar-refractivity contribution in [2.45, 2.75) is 89.9 Å². The molecular weight excluding hydrogens is 516 g/mol. The maximum Gasteiger partial charge on any atom is 0.254 e. The first-order valence-electron chi connectivity index (χ1n) is 12.4. The van der Waals surface area contributed by atoms with Crippen LogP contribution in [-0.4, -0.2) is 42.5 Å². The van der Waals surface area contributed by atoms with E-state index in [0.717, 1.165) is 34.2 Å². The molecule has 3 unspecified atom stereocenters. The number of hydrogen-bond donors (Lipinski definition) is 1. The first-order chi connectivity index (χ1) is 16.6. The molecule has 6 rings (SSSR count). The van der Waals surface area contributed by atoms with E-state index in [2.05, 4.69) is 50.0 Å². The lowest BCUT2D eigenvalue weighted by Gasteiger charge is -2.39. The van der Waals surface area contributed by atoms with Crippen LogP contribution in [0.1, 0.15) is 76.2 Å². The van der Waals surface area contributed by atoms with Gasteiger partial charge in [0.1, 0.15) is 0 Å². The van der Waals surface area contributed by atoms with Crippen LogP contribution in [0.3, 0.4) is 0 Å². The van der Waals surface area contributed by atoms with Gasteiger partial charge < -0.3 is 14.8 Å². The normalized spacial score (nSPS) is 27.7. The van der Waals surface area contributed by atoms with E-state index in [9.17, 15) is 8.78 Å². The van der Waals surface area contributed by atoms with Gasteiger partial charge in [0.2, 0.25) is 5.95 Å². The molecule has 2 bridgehead atoms. The number of anilines is 2. The average Bonchev–Trinajstić information content (AvgIpc) is 3.06. The van der Waals surface area contributed by atoms with Crippen LogP contribution in [0.5, 0.6) is 0 Å². The predicted molar refractivity (Wildman–Crippen MR) is 135 cm³/mol. The van der Waals surface area contributed by atoms with Crippen LogP contribution in [0.15, 0.2) is 23.1 Å². The van der Waals surface area contributed by atoms with Crippen LogP contribution in [-0.2, 0) is 0 Å². The summed E-state index contributed by atoms with van der Waals surface area (Å²) in [4.78, 5) is 21.4. The minimum absolute atomic E-state index is 0.0313. The zero-order valence-electron chi connectivity index (χ0n) is 20.4. The summed E-state index contributed by atoms with van der Waals surface area (Å²) < 4.78 is 31.4. The molecule has 186 valence electrons. The Kier molecular flexibility index (Phi) is 5.15. The molecule has 1 aliphatic carbocycles. The number of fused-ring (bicyclic) bond motifs is 3. The molecule has 1 saturated carbocycles. The topological polar surface area (TPSA) is 71.8 Å². The maximum absolute atomic E-state index is 14.2. The molecule has 10 heteroatoms. The zero-order chi connectivity index (χ0) is 24.7. The molecule has 35 heavy (non-hydrogen) atoms. The molecule has 0 amide bonds. The highest BCUT2D eigenvalue weighted by Crippen LogP contribution is 2.69. The SMILES string of the molecule is Cc1cnc(C(C)Nc2nc(N3C4CCC3CC3(C4)CC3(F)F)nc3c2ncn3C(C)C)c(Br)c1. The molecule has 5 heterocycles. The second kappa shape index (κ2) is 7.82. The van der Waals surface area contributed by atoms with Gasteiger partial charge in [0.05, 0.1) is 18.1 Å². The average molecular weight is 546 g/mol. The molecule has 0 radical (unpaired) electrons. The Morgan fingerprint density at radius 3 is 2.40 bits per heavy atom. The van der Waals surface area contributed by atoms with Crippen molar-refractivity contribution in [3.8, 4) is 0 Å². The van der Waals surface area contributed by atoms with Crippen LogP contribution < -0.4 is 10.2 Å². The summed E-state index contributed by atoms with van der Waals surface area (Å²) in [6.07, 6.45) is 6.53. The molecule has 1 spiro atoms. The second-order valence-corrected chi connectivity index (χ2v) is 11.8. The summed E-state index contributed by atoms with van der Waals surface area (Å²) >= 11 is 3.64. The first-order valence-corrected chi connectivity index (χ1v) is 13.2. The number of pyridine rings is 1. The van der Waals surface area contributed by atoms with Crippen molar-refractivity contribution in [3.63, 3.8) is 0 Å². The molecular formula is C25H30BrF2N7. The highest BCUT2D eigenvalue weighted by atomic mass is 79.9. The van der Waals surface area contributed by atoms with Gasteiger partial charge in [-0.2, -0.15) is 9.97 Å². The van der Waals surface area contributed by atoms with Gasteiger partial charge in [0.25, 0.3) is 5.92 Å². The minimum Gasteiger partial charge on any atom is -0.360 e. The molecule has 2 saturated heterocycles. The van der Waals surface area contributed by atoms with Crippen LogP contribution >= 0.6 is 15.9 Å². The number of halogens is 3. The Hall–Kier alpha value is -2.36. The molecule has 0 aromatic carbocycles. The Balaban J connectivity index is 1.39. The number of aryl methyl sites for hydroxylation is 1. The number of aromatic nitrogens is 5. The van der Waals surface area contributed by atoms with E-state index in [0.29, 0.717) is 30.1 Å². The highest BCUT2D eigenvalue weighted by Gasteiger charge is 2.74. The fraction of sp³-hybridized carbons (Fsp3) is 0.600. The third-order valence-electron chi connectivity index (χ3n) is 8.05. The minimum atomic E-state index is -2.52. The maximum atomic E-state index is 14.2. The molecule has 3 aromatic rings. The van der Waals surface area contributed by atoms with E-state index in [-0.39, 0.29) is 30.6 Å². The Bertz CT molecular complexity index is 1290. The highest BCUT2D eigenvalue weighted by molar-refractivity contribution is 9.10. The summed E-state index contributed by atoms with van der Waals surface area (Å²) in [5.41, 5.74) is 2.61. The van der Waals surface area contributed by atoms with E-state index in [1.165, 1.54) is 0 Å². The van der Waals surface area contributed by atoms with Crippen molar-refractivity contribution in [1.82, 2.24) is 24.5 Å². The van der Waals surface area contributed by atoms with Crippen molar-refractivity contribution in [2.24, 2.45) is 5.41 Å². The first kappa shape index (κ1) is 23.1. The van der Waals surface area contributed by atoms with E-state index >= 15 is 0 Å². The van der Waals surface area contributed by atoms with Gasteiger partial charge in [-0.25, -0.2) is 13.8 Å². The van der Waals surface area contributed by atoms with E-state index in [4.69, 9.17) is 9.97 Å². The van der Waals surface area contributed by atoms with Gasteiger partial charge in [0.15, 0.2) is 17.0 Å². The number of hydrogen-bond acceptors (Lipinski definition) is 6. The molecule has 1 N–H and O–H groups in total. The van der Waals surface area contributed by atoms with Crippen LogP contribution in [0.25, 0.3) is 11.2 Å². The van der Waals surface area contributed by atoms with Gasteiger partial charge in [-0.05, 0) is 80.9 Å². The fourth-order valence-electron chi connectivity index (χ4n) is 6.13. The van der Waals surface area contributed by atoms with Crippen LogP contribution in [0.2, 0.25) is 0 Å². The van der Waals surface area contributed by atoms with E-state index < -0.39 is 11.3 Å². The van der Waals surface area contributed by atoms with Crippen molar-refractivity contribution in [3.05, 3.63) is 34.3 Å². The van der Waals surface area contributed by atoms with Gasteiger partial charge in [-0.1, -0.05) is 0 Å². The fourth-order valence-corrected chi connectivity index (χ4v) is 6.94. The van der Waals surface area contributed by atoms with Crippen molar-refractivity contribution in [2.75, 3.05) is 10.2 Å². The summed E-state index contributed by atoms with van der Waals surface area (Å²) in [6, 6.07) is 2.18. The third-order valence-corrected chi connectivity index (χ3v) is 8.69. The van der Waals surface area contributed by atoms with E-state index in [1.54, 1.807) is 6.33 Å². The molecule has 3 atom stereocenters. The quantitative estimate of drug-likeness (QED) is 0.411. The summed E-state index contributed by atoms with van der Waals surface area (Å²) in [6.45, 7) is 8.23. The lowest BCUT2D eigenvalue weighted by atomic mass is 9.87.